The summed E-state index contributed by atoms with van der Waals surface area (Å²) in [5.41, 5.74) is 0.280. The van der Waals surface area contributed by atoms with E-state index in [1.165, 1.54) is 0 Å². The topological polar surface area (TPSA) is 73.6 Å². The van der Waals surface area contributed by atoms with Gasteiger partial charge in [0.1, 0.15) is 6.10 Å². The number of carbonyl (C=O) groups excluding carboxylic acids is 1. The van der Waals surface area contributed by atoms with Crippen LogP contribution in [0.3, 0.4) is 0 Å². The monoisotopic (exact) mass is 240 g/mol. The van der Waals surface area contributed by atoms with Crippen LogP contribution in [-0.2, 0) is 11.3 Å². The number of aromatic nitrogens is 2. The Balaban J connectivity index is 1.96. The Kier molecular flexibility index (Phi) is 3.63. The predicted octanol–water partition coefficient (Wildman–Crippen LogP) is 0.593. The van der Waals surface area contributed by atoms with Crippen molar-refractivity contribution in [2.75, 3.05) is 13.2 Å². The molecule has 2 rings (SSSR count). The van der Waals surface area contributed by atoms with Gasteiger partial charge in [-0.1, -0.05) is 0 Å². The van der Waals surface area contributed by atoms with E-state index in [4.69, 9.17) is 14.6 Å². The van der Waals surface area contributed by atoms with E-state index in [1.807, 2.05) is 0 Å². The van der Waals surface area contributed by atoms with Crippen molar-refractivity contribution in [1.29, 1.82) is 0 Å². The molecule has 94 valence electrons. The van der Waals surface area contributed by atoms with Gasteiger partial charge in [0.05, 0.1) is 13.2 Å². The molecule has 1 aromatic heterocycles. The number of rotatable bonds is 5. The van der Waals surface area contributed by atoms with E-state index < -0.39 is 5.97 Å². The van der Waals surface area contributed by atoms with Crippen LogP contribution in [0.2, 0.25) is 0 Å². The van der Waals surface area contributed by atoms with E-state index in [9.17, 15) is 4.79 Å². The van der Waals surface area contributed by atoms with Crippen LogP contribution in [0.15, 0.2) is 6.07 Å². The molecule has 1 N–H and O–H groups in total. The zero-order valence-electron chi connectivity index (χ0n) is 9.76. The van der Waals surface area contributed by atoms with E-state index in [1.54, 1.807) is 17.7 Å². The van der Waals surface area contributed by atoms with Crippen LogP contribution in [0, 0.1) is 0 Å². The van der Waals surface area contributed by atoms with Gasteiger partial charge in [-0.25, -0.2) is 9.48 Å². The highest BCUT2D eigenvalue weighted by Gasteiger charge is 2.26. The fraction of sp³-hybridized carbons (Fsp3) is 0.636. The average Bonchev–Trinajstić information content (AvgIpc) is 2.84. The molecule has 0 fully saturated rings. The molecule has 1 atom stereocenters. The van der Waals surface area contributed by atoms with Crippen LogP contribution < -0.4 is 4.74 Å². The molecule has 1 aromatic rings. The number of aliphatic hydroxyl groups is 1. The highest BCUT2D eigenvalue weighted by atomic mass is 16.5. The lowest BCUT2D eigenvalue weighted by Crippen LogP contribution is -2.16. The lowest BCUT2D eigenvalue weighted by atomic mass is 10.2. The zero-order chi connectivity index (χ0) is 12.3. The smallest absolute Gasteiger partial charge is 0.358 e. The van der Waals surface area contributed by atoms with E-state index >= 15 is 0 Å². The summed E-state index contributed by atoms with van der Waals surface area (Å²) in [6.07, 6.45) is 1.54. The van der Waals surface area contributed by atoms with Gasteiger partial charge in [-0.3, -0.25) is 0 Å². The van der Waals surface area contributed by atoms with Crippen molar-refractivity contribution in [3.8, 4) is 5.88 Å². The quantitative estimate of drug-likeness (QED) is 0.763. The minimum absolute atomic E-state index is 0.0425. The minimum atomic E-state index is -0.426. The summed E-state index contributed by atoms with van der Waals surface area (Å²) in [5.74, 6) is 0.168. The number of carbonyl (C=O) groups is 1. The first kappa shape index (κ1) is 11.9. The van der Waals surface area contributed by atoms with Gasteiger partial charge in [-0.15, -0.1) is 0 Å². The molecule has 1 aliphatic rings. The van der Waals surface area contributed by atoms with Crippen LogP contribution in [0.25, 0.3) is 0 Å². The van der Waals surface area contributed by atoms with Crippen molar-refractivity contribution in [1.82, 2.24) is 9.78 Å². The summed E-state index contributed by atoms with van der Waals surface area (Å²) in [6, 6.07) is 1.59. The second kappa shape index (κ2) is 5.18. The maximum absolute atomic E-state index is 11.4. The van der Waals surface area contributed by atoms with Gasteiger partial charge in [0.25, 0.3) is 0 Å². The highest BCUT2D eigenvalue weighted by Crippen LogP contribution is 2.24. The van der Waals surface area contributed by atoms with Crippen LogP contribution >= 0.6 is 0 Å². The van der Waals surface area contributed by atoms with E-state index in [-0.39, 0.29) is 18.4 Å². The molecule has 1 unspecified atom stereocenters. The summed E-state index contributed by atoms with van der Waals surface area (Å²) in [7, 11) is 0. The third-order valence-electron chi connectivity index (χ3n) is 2.58. The van der Waals surface area contributed by atoms with Gasteiger partial charge in [0.15, 0.2) is 5.69 Å². The van der Waals surface area contributed by atoms with Gasteiger partial charge in [-0.2, -0.15) is 5.10 Å². The van der Waals surface area contributed by atoms with Crippen molar-refractivity contribution in [3.63, 3.8) is 0 Å². The van der Waals surface area contributed by atoms with E-state index in [0.717, 1.165) is 6.42 Å². The van der Waals surface area contributed by atoms with Crippen molar-refractivity contribution >= 4 is 5.97 Å². The lowest BCUT2D eigenvalue weighted by Gasteiger charge is -2.07. The Hall–Kier alpha value is -1.56. The largest absolute Gasteiger partial charge is 0.473 e. The van der Waals surface area contributed by atoms with Gasteiger partial charge in [0, 0.05) is 12.7 Å². The molecule has 0 saturated heterocycles. The van der Waals surface area contributed by atoms with E-state index in [2.05, 4.69) is 5.10 Å². The standard InChI is InChI=1S/C11H16N2O4/c1-2-16-11(15)9-6-10-13(12-9)7-8(17-10)4-3-5-14/h6,8,14H,2-5,7H2,1H3. The van der Waals surface area contributed by atoms with Gasteiger partial charge in [0.2, 0.25) is 5.88 Å². The molecule has 0 radical (unpaired) electrons. The SMILES string of the molecule is CCOC(=O)c1cc2n(n1)CC(CCCO)O2. The highest BCUT2D eigenvalue weighted by molar-refractivity contribution is 5.87. The van der Waals surface area contributed by atoms with Crippen molar-refractivity contribution in [2.45, 2.75) is 32.4 Å². The normalized spacial score (nSPS) is 17.6. The number of hydrogen-bond acceptors (Lipinski definition) is 5. The number of hydrogen-bond donors (Lipinski definition) is 1. The van der Waals surface area contributed by atoms with Gasteiger partial charge >= 0.3 is 5.97 Å². The third-order valence-corrected chi connectivity index (χ3v) is 2.58. The van der Waals surface area contributed by atoms with Crippen LogP contribution in [-0.4, -0.2) is 40.2 Å². The summed E-state index contributed by atoms with van der Waals surface area (Å²) in [5, 5.41) is 12.9. The maximum Gasteiger partial charge on any atom is 0.358 e. The molecular weight excluding hydrogens is 224 g/mol. The van der Waals surface area contributed by atoms with Crippen molar-refractivity contribution in [3.05, 3.63) is 11.8 Å². The second-order valence-electron chi connectivity index (χ2n) is 3.88. The Morgan fingerprint density at radius 2 is 2.59 bits per heavy atom. The summed E-state index contributed by atoms with van der Waals surface area (Å²) in [6.45, 7) is 2.87. The molecule has 2 heterocycles. The fourth-order valence-electron chi connectivity index (χ4n) is 1.80. The maximum atomic E-state index is 11.4. The number of fused-ring (bicyclic) bond motifs is 1. The molecule has 0 spiro atoms. The first-order chi connectivity index (χ1) is 8.24. The lowest BCUT2D eigenvalue weighted by molar-refractivity contribution is 0.0517. The number of ether oxygens (including phenoxy) is 2. The number of aliphatic hydroxyl groups excluding tert-OH is 1. The Morgan fingerprint density at radius 1 is 1.76 bits per heavy atom. The van der Waals surface area contributed by atoms with Crippen LogP contribution in [0.4, 0.5) is 0 Å². The number of esters is 1. The molecule has 17 heavy (non-hydrogen) atoms. The van der Waals surface area contributed by atoms with Crippen LogP contribution in [0.1, 0.15) is 30.3 Å². The molecule has 0 aliphatic carbocycles. The molecule has 0 aromatic carbocycles. The van der Waals surface area contributed by atoms with Gasteiger partial charge < -0.3 is 14.6 Å². The second-order valence-corrected chi connectivity index (χ2v) is 3.88. The minimum Gasteiger partial charge on any atom is -0.473 e. The Morgan fingerprint density at radius 3 is 3.24 bits per heavy atom. The summed E-state index contributed by atoms with van der Waals surface area (Å²) < 4.78 is 12.1. The molecule has 6 heteroatoms. The Labute approximate surface area is 99.1 Å². The Bertz CT molecular complexity index is 379. The number of nitrogens with zero attached hydrogens (tertiary/aromatic N) is 2. The van der Waals surface area contributed by atoms with Gasteiger partial charge in [-0.05, 0) is 19.8 Å². The molecule has 0 amide bonds. The average molecular weight is 240 g/mol. The van der Waals surface area contributed by atoms with Crippen LogP contribution in [0.5, 0.6) is 5.88 Å². The van der Waals surface area contributed by atoms with Crippen molar-refractivity contribution < 1.29 is 19.4 Å². The molecule has 0 saturated carbocycles. The zero-order valence-corrected chi connectivity index (χ0v) is 9.76. The molecule has 1 aliphatic heterocycles. The molecule has 0 bridgehead atoms. The first-order valence-corrected chi connectivity index (χ1v) is 5.77. The summed E-state index contributed by atoms with van der Waals surface area (Å²) >= 11 is 0. The molecular formula is C11H16N2O4. The summed E-state index contributed by atoms with van der Waals surface area (Å²) in [4.78, 5) is 11.4. The third kappa shape index (κ3) is 2.58. The fourth-order valence-corrected chi connectivity index (χ4v) is 1.80. The van der Waals surface area contributed by atoms with E-state index in [0.29, 0.717) is 25.5 Å². The van der Waals surface area contributed by atoms with Crippen molar-refractivity contribution in [2.24, 2.45) is 0 Å². The predicted molar refractivity (Wildman–Crippen MR) is 58.9 cm³/mol. The molecule has 6 nitrogen and oxygen atoms in total. The first-order valence-electron chi connectivity index (χ1n) is 5.77.